The van der Waals surface area contributed by atoms with Gasteiger partial charge in [-0.05, 0) is 36.4 Å². The number of ether oxygens (including phenoxy) is 1. The fourth-order valence-corrected chi connectivity index (χ4v) is 3.68. The number of aromatic nitrogens is 2. The van der Waals surface area contributed by atoms with Crippen molar-refractivity contribution in [2.75, 3.05) is 12.4 Å². The number of rotatable bonds is 3. The zero-order chi connectivity index (χ0) is 16.7. The first-order valence-corrected chi connectivity index (χ1v) is 8.21. The molecule has 0 spiro atoms. The molecule has 0 saturated carbocycles. The number of nitrogens with zero attached hydrogens (tertiary/aromatic N) is 3. The van der Waals surface area contributed by atoms with Gasteiger partial charge in [0.2, 0.25) is 0 Å². The second-order valence-electron chi connectivity index (χ2n) is 5.44. The molecule has 4 aromatic rings. The second kappa shape index (κ2) is 6.63. The van der Waals surface area contributed by atoms with E-state index in [0.717, 1.165) is 31.9 Å². The van der Waals surface area contributed by atoms with E-state index in [9.17, 15) is 0 Å². The Morgan fingerprint density at radius 3 is 2.84 bits per heavy atom. The molecule has 5 nitrogen and oxygen atoms in total. The monoisotopic (exact) mass is 370 g/mol. The van der Waals surface area contributed by atoms with Crippen molar-refractivity contribution in [3.8, 4) is 11.8 Å². The SMILES string of the molecule is COc1ccc(C#N)cc1Nc1nc2c(ccc3c2ccn3C)s1.Cl. The van der Waals surface area contributed by atoms with E-state index in [1.165, 1.54) is 0 Å². The summed E-state index contributed by atoms with van der Waals surface area (Å²) in [6.45, 7) is 0. The Morgan fingerprint density at radius 1 is 1.24 bits per heavy atom. The van der Waals surface area contributed by atoms with E-state index in [-0.39, 0.29) is 12.4 Å². The third-order valence-corrected chi connectivity index (χ3v) is 4.93. The van der Waals surface area contributed by atoms with Gasteiger partial charge in [0.05, 0.1) is 40.2 Å². The summed E-state index contributed by atoms with van der Waals surface area (Å²) in [5.74, 6) is 0.679. The third-order valence-electron chi connectivity index (χ3n) is 3.99. The zero-order valence-corrected chi connectivity index (χ0v) is 15.2. The topological polar surface area (TPSA) is 62.9 Å². The standard InChI is InChI=1S/C18H14N4OS.ClH/c1-22-8-7-12-14(22)4-6-16-17(12)21-18(24-16)20-13-9-11(10-19)3-5-15(13)23-2;/h3-9H,1-2H3,(H,20,21);1H. The van der Waals surface area contributed by atoms with Crippen LogP contribution in [0.15, 0.2) is 42.6 Å². The number of aryl methyl sites for hydroxylation is 1. The average molecular weight is 371 g/mol. The molecule has 0 aliphatic carbocycles. The first-order chi connectivity index (χ1) is 11.7. The van der Waals surface area contributed by atoms with Gasteiger partial charge in [-0.1, -0.05) is 11.3 Å². The largest absolute Gasteiger partial charge is 0.495 e. The van der Waals surface area contributed by atoms with Gasteiger partial charge in [0, 0.05) is 18.6 Å². The quantitative estimate of drug-likeness (QED) is 0.560. The van der Waals surface area contributed by atoms with E-state index in [2.05, 4.69) is 34.2 Å². The third kappa shape index (κ3) is 2.88. The molecule has 0 unspecified atom stereocenters. The molecule has 4 rings (SSSR count). The number of anilines is 2. The van der Waals surface area contributed by atoms with Crippen molar-refractivity contribution < 1.29 is 4.74 Å². The Morgan fingerprint density at radius 2 is 2.08 bits per heavy atom. The molecule has 0 aliphatic rings. The molecule has 2 heterocycles. The number of thiazole rings is 1. The van der Waals surface area contributed by atoms with Crippen molar-refractivity contribution in [1.82, 2.24) is 9.55 Å². The van der Waals surface area contributed by atoms with Crippen molar-refractivity contribution in [3.05, 3.63) is 48.2 Å². The number of fused-ring (bicyclic) bond motifs is 3. The minimum atomic E-state index is 0. The zero-order valence-electron chi connectivity index (χ0n) is 13.6. The fraction of sp³-hybridized carbons (Fsp3) is 0.111. The summed E-state index contributed by atoms with van der Waals surface area (Å²) >= 11 is 1.58. The molecule has 2 aromatic carbocycles. The molecular weight excluding hydrogens is 356 g/mol. The van der Waals surface area contributed by atoms with Crippen LogP contribution in [0, 0.1) is 11.3 Å². The Hall–Kier alpha value is -2.75. The van der Waals surface area contributed by atoms with Gasteiger partial charge in [-0.2, -0.15) is 5.26 Å². The van der Waals surface area contributed by atoms with Crippen molar-refractivity contribution in [1.29, 1.82) is 5.26 Å². The highest BCUT2D eigenvalue weighted by Crippen LogP contribution is 2.35. The van der Waals surface area contributed by atoms with Gasteiger partial charge in [0.1, 0.15) is 5.75 Å². The Balaban J connectivity index is 0.00000182. The minimum Gasteiger partial charge on any atom is -0.495 e. The summed E-state index contributed by atoms with van der Waals surface area (Å²) < 4.78 is 8.57. The van der Waals surface area contributed by atoms with Gasteiger partial charge < -0.3 is 14.6 Å². The number of nitrogens with one attached hydrogen (secondary N) is 1. The molecule has 0 radical (unpaired) electrons. The van der Waals surface area contributed by atoms with Crippen LogP contribution in [0.3, 0.4) is 0 Å². The van der Waals surface area contributed by atoms with Gasteiger partial charge in [0.15, 0.2) is 5.13 Å². The molecule has 0 bridgehead atoms. The first kappa shape index (κ1) is 17.1. The smallest absolute Gasteiger partial charge is 0.188 e. The lowest BCUT2D eigenvalue weighted by atomic mass is 10.2. The van der Waals surface area contributed by atoms with E-state index in [1.54, 1.807) is 36.6 Å². The number of nitriles is 1. The fourth-order valence-electron chi connectivity index (χ4n) is 2.79. The molecule has 126 valence electrons. The maximum atomic E-state index is 9.09. The van der Waals surface area contributed by atoms with Crippen molar-refractivity contribution in [2.45, 2.75) is 0 Å². The normalized spacial score (nSPS) is 10.4. The number of benzene rings is 2. The van der Waals surface area contributed by atoms with Gasteiger partial charge in [-0.3, -0.25) is 0 Å². The van der Waals surface area contributed by atoms with Crippen molar-refractivity contribution >= 4 is 55.7 Å². The first-order valence-electron chi connectivity index (χ1n) is 7.39. The molecule has 2 aromatic heterocycles. The lowest BCUT2D eigenvalue weighted by Gasteiger charge is -2.08. The van der Waals surface area contributed by atoms with Crippen LogP contribution in [0.4, 0.5) is 10.8 Å². The van der Waals surface area contributed by atoms with Crippen LogP contribution >= 0.6 is 23.7 Å². The van der Waals surface area contributed by atoms with Gasteiger partial charge in [-0.25, -0.2) is 4.98 Å². The van der Waals surface area contributed by atoms with Gasteiger partial charge in [0.25, 0.3) is 0 Å². The number of hydrogen-bond acceptors (Lipinski definition) is 5. The lowest BCUT2D eigenvalue weighted by Crippen LogP contribution is -1.94. The predicted molar refractivity (Wildman–Crippen MR) is 104 cm³/mol. The number of hydrogen-bond donors (Lipinski definition) is 1. The Labute approximate surface area is 154 Å². The molecule has 0 fully saturated rings. The maximum absolute atomic E-state index is 9.09. The van der Waals surface area contributed by atoms with E-state index < -0.39 is 0 Å². The molecule has 1 N–H and O–H groups in total. The van der Waals surface area contributed by atoms with Crippen LogP contribution in [0.25, 0.3) is 21.1 Å². The van der Waals surface area contributed by atoms with Crippen LogP contribution in [0.2, 0.25) is 0 Å². The van der Waals surface area contributed by atoms with E-state index in [4.69, 9.17) is 15.0 Å². The summed E-state index contributed by atoms with van der Waals surface area (Å²) in [6, 6.07) is 13.7. The van der Waals surface area contributed by atoms with Crippen LogP contribution in [-0.2, 0) is 7.05 Å². The van der Waals surface area contributed by atoms with E-state index in [1.807, 2.05) is 13.2 Å². The van der Waals surface area contributed by atoms with Crippen molar-refractivity contribution in [2.24, 2.45) is 7.05 Å². The molecule has 0 saturated heterocycles. The summed E-state index contributed by atoms with van der Waals surface area (Å²) in [6.07, 6.45) is 2.04. The lowest BCUT2D eigenvalue weighted by molar-refractivity contribution is 0.417. The van der Waals surface area contributed by atoms with Gasteiger partial charge in [-0.15, -0.1) is 12.4 Å². The molecule has 0 aliphatic heterocycles. The highest BCUT2D eigenvalue weighted by atomic mass is 35.5. The molecule has 0 atom stereocenters. The highest BCUT2D eigenvalue weighted by Gasteiger charge is 2.11. The molecular formula is C18H15ClN4OS. The summed E-state index contributed by atoms with van der Waals surface area (Å²) in [5, 5.41) is 14.3. The van der Waals surface area contributed by atoms with Gasteiger partial charge >= 0.3 is 0 Å². The Kier molecular flexibility index (Phi) is 4.53. The minimum absolute atomic E-state index is 0. The number of methoxy groups -OCH3 is 1. The van der Waals surface area contributed by atoms with Crippen LogP contribution in [-0.4, -0.2) is 16.7 Å². The van der Waals surface area contributed by atoms with Crippen molar-refractivity contribution in [3.63, 3.8) is 0 Å². The molecule has 25 heavy (non-hydrogen) atoms. The van der Waals surface area contributed by atoms with E-state index >= 15 is 0 Å². The summed E-state index contributed by atoms with van der Waals surface area (Å²) in [7, 11) is 3.64. The summed E-state index contributed by atoms with van der Waals surface area (Å²) in [5.41, 5.74) is 3.45. The Bertz CT molecular complexity index is 1110. The maximum Gasteiger partial charge on any atom is 0.188 e. The molecule has 0 amide bonds. The summed E-state index contributed by atoms with van der Waals surface area (Å²) in [4.78, 5) is 4.74. The number of halogens is 1. The van der Waals surface area contributed by atoms with Crippen LogP contribution in [0.1, 0.15) is 5.56 Å². The van der Waals surface area contributed by atoms with Crippen LogP contribution < -0.4 is 10.1 Å². The predicted octanol–water partition coefficient (Wildman–Crippen LogP) is 4.83. The second-order valence-corrected chi connectivity index (χ2v) is 6.47. The average Bonchev–Trinajstić information content (AvgIpc) is 3.17. The molecule has 7 heteroatoms. The van der Waals surface area contributed by atoms with Crippen LogP contribution in [0.5, 0.6) is 5.75 Å². The highest BCUT2D eigenvalue weighted by molar-refractivity contribution is 7.22. The van der Waals surface area contributed by atoms with E-state index in [0.29, 0.717) is 11.3 Å².